The van der Waals surface area contributed by atoms with Crippen LogP contribution in [0.3, 0.4) is 0 Å². The van der Waals surface area contributed by atoms with Gasteiger partial charge in [0, 0.05) is 17.5 Å². The average molecular weight is 497 g/mol. The van der Waals surface area contributed by atoms with Crippen molar-refractivity contribution in [2.45, 2.75) is 6.42 Å². The van der Waals surface area contributed by atoms with Crippen molar-refractivity contribution in [3.8, 4) is 11.5 Å². The molecule has 0 bridgehead atoms. The number of rotatable bonds is 10. The van der Waals surface area contributed by atoms with Gasteiger partial charge in [-0.15, -0.1) is 0 Å². The van der Waals surface area contributed by atoms with Crippen LogP contribution in [0.25, 0.3) is 16.8 Å². The summed E-state index contributed by atoms with van der Waals surface area (Å²) in [5, 5.41) is 13.8. The highest BCUT2D eigenvalue weighted by molar-refractivity contribution is 5.98. The molecule has 188 valence electrons. The molecule has 0 aliphatic rings. The van der Waals surface area contributed by atoms with Crippen molar-refractivity contribution in [2.24, 2.45) is 0 Å². The summed E-state index contributed by atoms with van der Waals surface area (Å²) in [6.45, 7) is 0.508. The third kappa shape index (κ3) is 6.74. The van der Waals surface area contributed by atoms with Crippen molar-refractivity contribution in [3.05, 3.63) is 113 Å². The van der Waals surface area contributed by atoms with Gasteiger partial charge >= 0.3 is 0 Å². The second kappa shape index (κ2) is 12.4. The van der Waals surface area contributed by atoms with Gasteiger partial charge in [-0.2, -0.15) is 0 Å². The average Bonchev–Trinajstić information content (AvgIpc) is 2.95. The Morgan fingerprint density at radius 3 is 2.35 bits per heavy atom. The Labute approximate surface area is 215 Å². The lowest BCUT2D eigenvalue weighted by Crippen LogP contribution is -2.29. The maximum atomic E-state index is 13.2. The van der Waals surface area contributed by atoms with Gasteiger partial charge in [0.2, 0.25) is 0 Å². The van der Waals surface area contributed by atoms with Gasteiger partial charge in [0.05, 0.1) is 12.7 Å². The number of methoxy groups -OCH3 is 1. The van der Waals surface area contributed by atoms with Crippen LogP contribution in [0.15, 0.2) is 96.6 Å². The second-order valence-electron chi connectivity index (χ2n) is 8.35. The van der Waals surface area contributed by atoms with Gasteiger partial charge in [-0.25, -0.2) is 5.48 Å². The van der Waals surface area contributed by atoms with Crippen LogP contribution in [-0.4, -0.2) is 37.3 Å². The first-order chi connectivity index (χ1) is 18.1. The van der Waals surface area contributed by atoms with E-state index in [0.717, 1.165) is 27.6 Å². The number of carbonyl (C=O) groups is 2. The Morgan fingerprint density at radius 2 is 1.62 bits per heavy atom. The molecule has 3 N–H and O–H groups in total. The van der Waals surface area contributed by atoms with E-state index in [0.29, 0.717) is 29.9 Å². The Hall–Kier alpha value is -4.62. The van der Waals surface area contributed by atoms with Crippen molar-refractivity contribution in [3.63, 3.8) is 0 Å². The summed E-state index contributed by atoms with van der Waals surface area (Å²) in [6, 6.07) is 28.0. The highest BCUT2D eigenvalue weighted by Gasteiger charge is 2.13. The molecule has 0 saturated heterocycles. The molecule has 0 atom stereocenters. The lowest BCUT2D eigenvalue weighted by atomic mass is 10.1. The Morgan fingerprint density at radius 1 is 0.892 bits per heavy atom. The first-order valence-electron chi connectivity index (χ1n) is 11.8. The molecule has 4 aromatic rings. The summed E-state index contributed by atoms with van der Waals surface area (Å²) in [5.74, 6) is 0.619. The summed E-state index contributed by atoms with van der Waals surface area (Å²) < 4.78 is 11.3. The fourth-order valence-electron chi connectivity index (χ4n) is 3.87. The van der Waals surface area contributed by atoms with Crippen LogP contribution in [0, 0.1) is 0 Å². The van der Waals surface area contributed by atoms with E-state index >= 15 is 0 Å². The molecule has 37 heavy (non-hydrogen) atoms. The highest BCUT2D eigenvalue weighted by atomic mass is 16.5. The van der Waals surface area contributed by atoms with Crippen molar-refractivity contribution in [1.29, 1.82) is 0 Å². The van der Waals surface area contributed by atoms with Gasteiger partial charge < -0.3 is 14.8 Å². The van der Waals surface area contributed by atoms with Crippen LogP contribution in [0.5, 0.6) is 11.5 Å². The van der Waals surface area contributed by atoms with Crippen LogP contribution >= 0.6 is 0 Å². The van der Waals surface area contributed by atoms with E-state index in [9.17, 15) is 9.59 Å². The minimum absolute atomic E-state index is 0.0568. The molecule has 4 aromatic carbocycles. The number of carbonyl (C=O) groups excluding carboxylic acids is 2. The Bertz CT molecular complexity index is 1390. The van der Waals surface area contributed by atoms with Gasteiger partial charge in [-0.1, -0.05) is 60.7 Å². The van der Waals surface area contributed by atoms with Crippen molar-refractivity contribution < 1.29 is 24.3 Å². The van der Waals surface area contributed by atoms with E-state index in [2.05, 4.69) is 5.32 Å². The van der Waals surface area contributed by atoms with Crippen molar-refractivity contribution >= 4 is 28.7 Å². The Balaban J connectivity index is 1.50. The van der Waals surface area contributed by atoms with E-state index < -0.39 is 5.91 Å². The van der Waals surface area contributed by atoms with Crippen LogP contribution in [-0.2, 0) is 11.2 Å². The molecule has 0 saturated carbocycles. The highest BCUT2D eigenvalue weighted by Crippen LogP contribution is 2.25. The number of hydrogen-bond acceptors (Lipinski definition) is 5. The zero-order valence-corrected chi connectivity index (χ0v) is 20.4. The molecule has 0 heterocycles. The third-order valence-electron chi connectivity index (χ3n) is 5.90. The number of nitrogens with one attached hydrogen (secondary N) is 2. The van der Waals surface area contributed by atoms with E-state index in [4.69, 9.17) is 14.7 Å². The largest absolute Gasteiger partial charge is 0.497 e. The summed E-state index contributed by atoms with van der Waals surface area (Å²) in [7, 11) is 1.62. The molecular weight excluding hydrogens is 468 g/mol. The summed E-state index contributed by atoms with van der Waals surface area (Å²) in [6.07, 6.45) is 2.40. The molecule has 7 heteroatoms. The topological polar surface area (TPSA) is 96.9 Å². The molecule has 0 spiro atoms. The van der Waals surface area contributed by atoms with E-state index in [1.807, 2.05) is 66.7 Å². The molecule has 7 nitrogen and oxygen atoms in total. The molecule has 0 unspecified atom stereocenters. The minimum Gasteiger partial charge on any atom is -0.497 e. The maximum Gasteiger partial charge on any atom is 0.274 e. The molecule has 0 fully saturated rings. The first-order valence-corrected chi connectivity index (χ1v) is 11.8. The van der Waals surface area contributed by atoms with Crippen LogP contribution in [0.4, 0.5) is 0 Å². The molecular formula is C30H28N2O5. The normalized spacial score (nSPS) is 11.1. The molecule has 0 aromatic heterocycles. The summed E-state index contributed by atoms with van der Waals surface area (Å²) in [5.41, 5.74) is 4.14. The minimum atomic E-state index is -0.605. The quantitative estimate of drug-likeness (QED) is 0.167. The second-order valence-corrected chi connectivity index (χ2v) is 8.35. The van der Waals surface area contributed by atoms with Gasteiger partial charge in [0.1, 0.15) is 18.1 Å². The van der Waals surface area contributed by atoms with Crippen molar-refractivity contribution in [2.75, 3.05) is 20.3 Å². The lowest BCUT2D eigenvalue weighted by molar-refractivity contribution is -0.117. The number of fused-ring (bicyclic) bond motifs is 1. The SMILES string of the molecule is COc1ccc(CCNC(=O)/C(=C/c2ccc(C(=O)NO)cc2)COc2cccc3ccccc23)cc1. The van der Waals surface area contributed by atoms with Gasteiger partial charge in [0.25, 0.3) is 11.8 Å². The molecule has 0 radical (unpaired) electrons. The van der Waals surface area contributed by atoms with Gasteiger partial charge in [-0.3, -0.25) is 14.8 Å². The van der Waals surface area contributed by atoms with Crippen LogP contribution < -0.4 is 20.3 Å². The monoisotopic (exact) mass is 496 g/mol. The summed E-state index contributed by atoms with van der Waals surface area (Å²) >= 11 is 0. The van der Waals surface area contributed by atoms with Gasteiger partial charge in [-0.05, 0) is 59.3 Å². The van der Waals surface area contributed by atoms with Crippen LogP contribution in [0.2, 0.25) is 0 Å². The smallest absolute Gasteiger partial charge is 0.274 e. The van der Waals surface area contributed by atoms with E-state index in [-0.39, 0.29) is 12.5 Å². The van der Waals surface area contributed by atoms with Crippen LogP contribution in [0.1, 0.15) is 21.5 Å². The number of hydroxylamine groups is 1. The van der Waals surface area contributed by atoms with E-state index in [1.54, 1.807) is 42.9 Å². The number of hydrogen-bond donors (Lipinski definition) is 3. The fraction of sp³-hybridized carbons (Fsp3) is 0.133. The molecule has 0 aliphatic heterocycles. The summed E-state index contributed by atoms with van der Waals surface area (Å²) in [4.78, 5) is 24.8. The molecule has 2 amide bonds. The lowest BCUT2D eigenvalue weighted by Gasteiger charge is -2.13. The molecule has 4 rings (SSSR count). The maximum absolute atomic E-state index is 13.2. The fourth-order valence-corrected chi connectivity index (χ4v) is 3.87. The predicted molar refractivity (Wildman–Crippen MR) is 143 cm³/mol. The first kappa shape index (κ1) is 25.5. The third-order valence-corrected chi connectivity index (χ3v) is 5.90. The zero-order chi connectivity index (χ0) is 26.0. The standard InChI is InChI=1S/C30H28N2O5/c1-36-26-15-11-21(12-16-26)17-18-31-29(33)25(19-22-9-13-24(14-10-22)30(34)32-35)20-37-28-8-4-6-23-5-2-3-7-27(23)28/h2-16,19,35H,17-18,20H2,1H3,(H,31,33)(H,32,34)/b25-19+. The van der Waals surface area contributed by atoms with Gasteiger partial charge in [0.15, 0.2) is 0 Å². The number of ether oxygens (including phenoxy) is 2. The molecule has 0 aliphatic carbocycles. The van der Waals surface area contributed by atoms with Crippen molar-refractivity contribution in [1.82, 2.24) is 10.8 Å². The number of amides is 2. The number of benzene rings is 4. The van der Waals surface area contributed by atoms with E-state index in [1.165, 1.54) is 0 Å². The predicted octanol–water partition coefficient (Wildman–Crippen LogP) is 4.79. The Kier molecular flexibility index (Phi) is 8.52. The zero-order valence-electron chi connectivity index (χ0n) is 20.4.